The van der Waals surface area contributed by atoms with E-state index in [1.165, 1.54) is 22.0 Å². The Bertz CT molecular complexity index is 409. The van der Waals surface area contributed by atoms with Crippen molar-refractivity contribution < 1.29 is 9.47 Å². The molecule has 1 aromatic rings. The Morgan fingerprint density at radius 1 is 1.37 bits per heavy atom. The van der Waals surface area contributed by atoms with Crippen LogP contribution in [-0.4, -0.2) is 19.9 Å². The van der Waals surface area contributed by atoms with Crippen molar-refractivity contribution in [2.75, 3.05) is 13.9 Å². The average Bonchev–Trinajstić information content (AvgIpc) is 3.21. The monoisotopic (exact) mass is 375 g/mol. The second kappa shape index (κ2) is 7.02. The van der Waals surface area contributed by atoms with E-state index in [1.54, 1.807) is 7.11 Å². The van der Waals surface area contributed by atoms with E-state index in [0.29, 0.717) is 12.8 Å². The second-order valence-electron chi connectivity index (χ2n) is 5.03. The summed E-state index contributed by atoms with van der Waals surface area (Å²) in [5.41, 5.74) is 0.811. The number of halogens is 1. The van der Waals surface area contributed by atoms with Gasteiger partial charge >= 0.3 is 0 Å². The van der Waals surface area contributed by atoms with E-state index < -0.39 is 5.72 Å². The van der Waals surface area contributed by atoms with Crippen LogP contribution in [-0.2, 0) is 15.2 Å². The van der Waals surface area contributed by atoms with Crippen molar-refractivity contribution >= 4 is 22.6 Å². The second-order valence-corrected chi connectivity index (χ2v) is 6.19. The summed E-state index contributed by atoms with van der Waals surface area (Å²) in [6, 6.07) is 9.01. The van der Waals surface area contributed by atoms with Gasteiger partial charge in [0.25, 0.3) is 0 Å². The van der Waals surface area contributed by atoms with Crippen LogP contribution in [0.3, 0.4) is 0 Å². The van der Waals surface area contributed by atoms with Crippen LogP contribution in [0.5, 0.6) is 0 Å². The van der Waals surface area contributed by atoms with Crippen molar-refractivity contribution in [3.8, 4) is 0 Å². The summed E-state index contributed by atoms with van der Waals surface area (Å²) in [6.45, 7) is 2.50. The van der Waals surface area contributed by atoms with Gasteiger partial charge in [-0.2, -0.15) is 0 Å². The van der Waals surface area contributed by atoms with E-state index in [2.05, 4.69) is 59.1 Å². The van der Waals surface area contributed by atoms with Crippen molar-refractivity contribution in [2.45, 2.75) is 44.4 Å². The van der Waals surface area contributed by atoms with Crippen LogP contribution in [0.1, 0.15) is 38.2 Å². The van der Waals surface area contributed by atoms with E-state index in [1.807, 2.05) is 0 Å². The summed E-state index contributed by atoms with van der Waals surface area (Å²) in [4.78, 5) is 0. The van der Waals surface area contributed by atoms with Crippen LogP contribution in [0.25, 0.3) is 0 Å². The maximum atomic E-state index is 6.10. The molecule has 1 aliphatic rings. The van der Waals surface area contributed by atoms with Crippen molar-refractivity contribution in [3.05, 3.63) is 33.4 Å². The predicted octanol–water partition coefficient (Wildman–Crippen LogP) is 3.62. The molecule has 0 heterocycles. The first-order valence-electron chi connectivity index (χ1n) is 6.87. The van der Waals surface area contributed by atoms with E-state index in [-0.39, 0.29) is 0 Å². The highest BCUT2D eigenvalue weighted by Gasteiger charge is 2.39. The van der Waals surface area contributed by atoms with Gasteiger partial charge in [0.15, 0.2) is 0 Å². The molecule has 3 nitrogen and oxygen atoms in total. The first-order chi connectivity index (χ1) is 9.22. The predicted molar refractivity (Wildman–Crippen MR) is 84.9 cm³/mol. The molecule has 1 aromatic carbocycles. The van der Waals surface area contributed by atoms with Crippen LogP contribution >= 0.6 is 22.6 Å². The minimum atomic E-state index is -0.413. The van der Waals surface area contributed by atoms with Gasteiger partial charge in [-0.3, -0.25) is 5.32 Å². The van der Waals surface area contributed by atoms with Crippen LogP contribution < -0.4 is 5.32 Å². The molecule has 0 bridgehead atoms. The number of benzene rings is 1. The molecule has 0 spiro atoms. The summed E-state index contributed by atoms with van der Waals surface area (Å²) in [5.74, 6) is 0. The summed E-state index contributed by atoms with van der Waals surface area (Å²) in [5, 5.41) is 3.69. The molecule has 1 saturated carbocycles. The molecule has 1 unspecified atom stereocenters. The number of rotatable bonds is 8. The number of ether oxygens (including phenoxy) is 2. The summed E-state index contributed by atoms with van der Waals surface area (Å²) in [6.07, 6.45) is 4.50. The Labute approximate surface area is 129 Å². The third-order valence-corrected chi connectivity index (χ3v) is 4.29. The zero-order valence-corrected chi connectivity index (χ0v) is 13.8. The lowest BCUT2D eigenvalue weighted by Gasteiger charge is -2.36. The van der Waals surface area contributed by atoms with E-state index in [0.717, 1.165) is 12.8 Å². The Morgan fingerprint density at radius 2 is 2.11 bits per heavy atom. The molecule has 0 aliphatic heterocycles. The average molecular weight is 375 g/mol. The molecular formula is C15H22INO2. The van der Waals surface area contributed by atoms with E-state index in [9.17, 15) is 0 Å². The van der Waals surface area contributed by atoms with Crippen molar-refractivity contribution in [1.29, 1.82) is 0 Å². The quantitative estimate of drug-likeness (QED) is 0.556. The molecule has 19 heavy (non-hydrogen) atoms. The fraction of sp³-hybridized carbons (Fsp3) is 0.600. The van der Waals surface area contributed by atoms with Gasteiger partial charge in [0.05, 0.1) is 0 Å². The fourth-order valence-electron chi connectivity index (χ4n) is 2.33. The van der Waals surface area contributed by atoms with Gasteiger partial charge in [-0.1, -0.05) is 31.5 Å². The summed E-state index contributed by atoms with van der Waals surface area (Å²) >= 11 is 2.38. The van der Waals surface area contributed by atoms with Crippen molar-refractivity contribution in [3.63, 3.8) is 0 Å². The van der Waals surface area contributed by atoms with Gasteiger partial charge in [-0.25, -0.2) is 0 Å². The third-order valence-electron chi connectivity index (χ3n) is 3.35. The molecule has 1 N–H and O–H groups in total. The molecular weight excluding hydrogens is 353 g/mol. The number of hydrogen-bond donors (Lipinski definition) is 1. The SMILES string of the molecule is CCCC(NC1CC1)(OCOC)c1ccccc1I. The summed E-state index contributed by atoms with van der Waals surface area (Å²) < 4.78 is 12.5. The van der Waals surface area contributed by atoms with Crippen LogP contribution in [0, 0.1) is 3.57 Å². The van der Waals surface area contributed by atoms with Gasteiger partial charge in [0, 0.05) is 22.3 Å². The highest BCUT2D eigenvalue weighted by atomic mass is 127. The Hall–Kier alpha value is -0.170. The third kappa shape index (κ3) is 3.90. The highest BCUT2D eigenvalue weighted by Crippen LogP contribution is 2.35. The largest absolute Gasteiger partial charge is 0.359 e. The number of nitrogens with one attached hydrogen (secondary N) is 1. The Kier molecular flexibility index (Phi) is 5.62. The smallest absolute Gasteiger partial charge is 0.149 e. The fourth-order valence-corrected chi connectivity index (χ4v) is 3.16. The minimum absolute atomic E-state index is 0.310. The first-order valence-corrected chi connectivity index (χ1v) is 7.95. The number of hydrogen-bond acceptors (Lipinski definition) is 3. The van der Waals surface area contributed by atoms with Gasteiger partial charge in [-0.15, -0.1) is 0 Å². The molecule has 4 heteroatoms. The van der Waals surface area contributed by atoms with E-state index >= 15 is 0 Å². The molecule has 0 radical (unpaired) electrons. The molecule has 0 amide bonds. The molecule has 0 saturated heterocycles. The zero-order chi connectivity index (χ0) is 13.7. The standard InChI is InChI=1S/C15H22INO2/c1-3-10-15(19-11-18-2,17-12-8-9-12)13-6-4-5-7-14(13)16/h4-7,12,17H,3,8-11H2,1-2H3. The lowest BCUT2D eigenvalue weighted by molar-refractivity contribution is -0.158. The van der Waals surface area contributed by atoms with E-state index in [4.69, 9.17) is 9.47 Å². The summed E-state index contributed by atoms with van der Waals surface area (Å²) in [7, 11) is 1.67. The van der Waals surface area contributed by atoms with Crippen molar-refractivity contribution in [1.82, 2.24) is 5.32 Å². The molecule has 2 rings (SSSR count). The Morgan fingerprint density at radius 3 is 2.68 bits per heavy atom. The van der Waals surface area contributed by atoms with Crippen LogP contribution in [0.15, 0.2) is 24.3 Å². The molecule has 0 aromatic heterocycles. The Balaban J connectivity index is 2.30. The highest BCUT2D eigenvalue weighted by molar-refractivity contribution is 14.1. The van der Waals surface area contributed by atoms with Crippen LogP contribution in [0.4, 0.5) is 0 Å². The molecule has 106 valence electrons. The minimum Gasteiger partial charge on any atom is -0.359 e. The van der Waals surface area contributed by atoms with Gasteiger partial charge < -0.3 is 9.47 Å². The lowest BCUT2D eigenvalue weighted by Crippen LogP contribution is -2.47. The zero-order valence-electron chi connectivity index (χ0n) is 11.6. The van der Waals surface area contributed by atoms with Gasteiger partial charge in [0.1, 0.15) is 12.5 Å². The molecule has 1 atom stereocenters. The molecule has 1 aliphatic carbocycles. The first kappa shape index (κ1) is 15.2. The van der Waals surface area contributed by atoms with Gasteiger partial charge in [-0.05, 0) is 47.9 Å². The molecule has 1 fully saturated rings. The van der Waals surface area contributed by atoms with Crippen LogP contribution in [0.2, 0.25) is 0 Å². The lowest BCUT2D eigenvalue weighted by atomic mass is 9.97. The van der Waals surface area contributed by atoms with Crippen molar-refractivity contribution in [2.24, 2.45) is 0 Å². The van der Waals surface area contributed by atoms with Gasteiger partial charge in [0.2, 0.25) is 0 Å². The number of methoxy groups -OCH3 is 1. The maximum Gasteiger partial charge on any atom is 0.149 e. The topological polar surface area (TPSA) is 30.5 Å². The maximum absolute atomic E-state index is 6.10. The normalized spacial score (nSPS) is 18.3.